The number of carbonyl (C=O) groups is 1. The molecular formula is C19H22N6O3S2. The molecule has 0 aliphatic carbocycles. The summed E-state index contributed by atoms with van der Waals surface area (Å²) < 4.78 is 11.2. The SMILES string of the molecule is O=C(CSC(=S)NN1CCN(c2ncccn2)CC1)NCc1ccc2c(c1)OCO2. The van der Waals surface area contributed by atoms with Crippen LogP contribution in [0.3, 0.4) is 0 Å². The molecule has 0 atom stereocenters. The molecule has 3 heterocycles. The van der Waals surface area contributed by atoms with Gasteiger partial charge in [0.2, 0.25) is 18.6 Å². The maximum atomic E-state index is 12.1. The molecule has 2 N–H and O–H groups in total. The predicted molar refractivity (Wildman–Crippen MR) is 118 cm³/mol. The first-order valence-electron chi connectivity index (χ1n) is 9.53. The van der Waals surface area contributed by atoms with Crippen LogP contribution in [0.4, 0.5) is 5.95 Å². The molecule has 1 aromatic carbocycles. The highest BCUT2D eigenvalue weighted by molar-refractivity contribution is 8.23. The first kappa shape index (κ1) is 20.6. The zero-order valence-corrected chi connectivity index (χ0v) is 17.9. The van der Waals surface area contributed by atoms with E-state index in [0.717, 1.165) is 43.4 Å². The lowest BCUT2D eigenvalue weighted by Crippen LogP contribution is -2.53. The van der Waals surface area contributed by atoms with E-state index < -0.39 is 0 Å². The molecule has 0 radical (unpaired) electrons. The number of fused-ring (bicyclic) bond motifs is 1. The Morgan fingerprint density at radius 1 is 1.13 bits per heavy atom. The number of hydrogen-bond acceptors (Lipinski definition) is 9. The maximum absolute atomic E-state index is 12.1. The highest BCUT2D eigenvalue weighted by Crippen LogP contribution is 2.32. The minimum atomic E-state index is -0.0761. The fraction of sp³-hybridized carbons (Fsp3) is 0.368. The van der Waals surface area contributed by atoms with Crippen LogP contribution in [0, 0.1) is 0 Å². The summed E-state index contributed by atoms with van der Waals surface area (Å²) in [7, 11) is 0. The fourth-order valence-electron chi connectivity index (χ4n) is 3.07. The third kappa shape index (κ3) is 5.49. The number of piperazine rings is 1. The largest absolute Gasteiger partial charge is 0.454 e. The molecule has 158 valence electrons. The van der Waals surface area contributed by atoms with Gasteiger partial charge in [0.25, 0.3) is 0 Å². The molecule has 2 aromatic rings. The second-order valence-electron chi connectivity index (χ2n) is 6.68. The van der Waals surface area contributed by atoms with Gasteiger partial charge in [0.1, 0.15) is 4.32 Å². The number of amides is 1. The van der Waals surface area contributed by atoms with Crippen molar-refractivity contribution >= 4 is 40.2 Å². The van der Waals surface area contributed by atoms with Crippen LogP contribution in [0.25, 0.3) is 0 Å². The fourth-order valence-corrected chi connectivity index (χ4v) is 3.93. The van der Waals surface area contributed by atoms with E-state index in [2.05, 4.69) is 30.6 Å². The van der Waals surface area contributed by atoms with E-state index in [1.807, 2.05) is 24.3 Å². The number of nitrogens with one attached hydrogen (secondary N) is 2. The minimum Gasteiger partial charge on any atom is -0.454 e. The van der Waals surface area contributed by atoms with Gasteiger partial charge in [-0.3, -0.25) is 4.79 Å². The predicted octanol–water partition coefficient (Wildman–Crippen LogP) is 1.17. The van der Waals surface area contributed by atoms with Gasteiger partial charge in [0.05, 0.1) is 5.75 Å². The Hall–Kier alpha value is -2.63. The van der Waals surface area contributed by atoms with Gasteiger partial charge in [-0.1, -0.05) is 30.0 Å². The zero-order chi connectivity index (χ0) is 20.8. The van der Waals surface area contributed by atoms with E-state index in [0.29, 0.717) is 16.6 Å². The van der Waals surface area contributed by atoms with Crippen LogP contribution in [0.5, 0.6) is 11.5 Å². The van der Waals surface area contributed by atoms with Crippen molar-refractivity contribution < 1.29 is 14.3 Å². The van der Waals surface area contributed by atoms with Crippen molar-refractivity contribution in [1.29, 1.82) is 0 Å². The van der Waals surface area contributed by atoms with Gasteiger partial charge in [0.15, 0.2) is 11.5 Å². The molecule has 0 spiro atoms. The van der Waals surface area contributed by atoms with Crippen LogP contribution >= 0.6 is 24.0 Å². The lowest BCUT2D eigenvalue weighted by Gasteiger charge is -2.35. The Kier molecular flexibility index (Phi) is 6.82. The van der Waals surface area contributed by atoms with Crippen molar-refractivity contribution in [2.75, 3.05) is 43.6 Å². The van der Waals surface area contributed by atoms with E-state index in [1.54, 1.807) is 12.4 Å². The third-order valence-corrected chi connectivity index (χ3v) is 5.83. The molecule has 1 aromatic heterocycles. The minimum absolute atomic E-state index is 0.0761. The normalized spacial score (nSPS) is 15.7. The maximum Gasteiger partial charge on any atom is 0.231 e. The summed E-state index contributed by atoms with van der Waals surface area (Å²) >= 11 is 6.68. The van der Waals surface area contributed by atoms with Gasteiger partial charge in [-0.15, -0.1) is 0 Å². The molecule has 0 bridgehead atoms. The zero-order valence-electron chi connectivity index (χ0n) is 16.2. The Morgan fingerprint density at radius 2 is 1.90 bits per heavy atom. The van der Waals surface area contributed by atoms with Crippen molar-refractivity contribution in [2.24, 2.45) is 0 Å². The van der Waals surface area contributed by atoms with E-state index in [9.17, 15) is 4.79 Å². The van der Waals surface area contributed by atoms with Gasteiger partial charge in [-0.05, 0) is 23.8 Å². The van der Waals surface area contributed by atoms with E-state index >= 15 is 0 Å². The standard InChI is InChI=1S/C19H22N6O3S2/c26-17(22-11-14-2-3-15-16(10-14)28-13-27-15)12-30-19(29)23-25-8-6-24(7-9-25)18-20-4-1-5-21-18/h1-5,10H,6-9,11-13H2,(H,22,26)(H,23,29). The highest BCUT2D eigenvalue weighted by Gasteiger charge is 2.19. The van der Waals surface area contributed by atoms with Gasteiger partial charge in [-0.2, -0.15) is 0 Å². The number of anilines is 1. The molecule has 2 aliphatic heterocycles. The van der Waals surface area contributed by atoms with Crippen LogP contribution in [0.1, 0.15) is 5.56 Å². The Labute approximate surface area is 184 Å². The first-order chi connectivity index (χ1) is 14.7. The Bertz CT molecular complexity index is 893. The van der Waals surface area contributed by atoms with Crippen LogP contribution < -0.4 is 25.1 Å². The molecule has 1 saturated heterocycles. The molecule has 0 unspecified atom stereocenters. The summed E-state index contributed by atoms with van der Waals surface area (Å²) in [4.78, 5) is 22.8. The van der Waals surface area contributed by atoms with Crippen LogP contribution in [-0.2, 0) is 11.3 Å². The number of benzene rings is 1. The number of hydrogen-bond donors (Lipinski definition) is 2. The number of aromatic nitrogens is 2. The number of rotatable bonds is 6. The van der Waals surface area contributed by atoms with Crippen molar-refractivity contribution in [3.63, 3.8) is 0 Å². The average molecular weight is 447 g/mol. The van der Waals surface area contributed by atoms with Gasteiger partial charge >= 0.3 is 0 Å². The topological polar surface area (TPSA) is 91.9 Å². The van der Waals surface area contributed by atoms with Crippen molar-refractivity contribution in [2.45, 2.75) is 6.54 Å². The lowest BCUT2D eigenvalue weighted by atomic mass is 10.2. The molecule has 1 fully saturated rings. The first-order valence-corrected chi connectivity index (χ1v) is 10.9. The molecule has 2 aliphatic rings. The number of ether oxygens (including phenoxy) is 2. The Morgan fingerprint density at radius 3 is 2.70 bits per heavy atom. The summed E-state index contributed by atoms with van der Waals surface area (Å²) in [5.74, 6) is 2.37. The van der Waals surface area contributed by atoms with Crippen LogP contribution in [0.15, 0.2) is 36.7 Å². The average Bonchev–Trinajstić information content (AvgIpc) is 3.25. The molecule has 1 amide bonds. The van der Waals surface area contributed by atoms with Crippen LogP contribution in [-0.4, -0.2) is 63.9 Å². The van der Waals surface area contributed by atoms with Gasteiger partial charge in [0, 0.05) is 45.1 Å². The third-order valence-electron chi connectivity index (χ3n) is 4.63. The van der Waals surface area contributed by atoms with Crippen molar-refractivity contribution in [3.8, 4) is 11.5 Å². The lowest BCUT2D eigenvalue weighted by molar-refractivity contribution is -0.118. The molecular weight excluding hydrogens is 424 g/mol. The summed E-state index contributed by atoms with van der Waals surface area (Å²) in [5, 5.41) is 4.95. The number of carbonyl (C=O) groups excluding carboxylic acids is 1. The quantitative estimate of drug-likeness (QED) is 0.630. The number of thioether (sulfide) groups is 1. The second-order valence-corrected chi connectivity index (χ2v) is 8.33. The van der Waals surface area contributed by atoms with E-state index in [4.69, 9.17) is 21.7 Å². The van der Waals surface area contributed by atoms with E-state index in [1.165, 1.54) is 11.8 Å². The summed E-state index contributed by atoms with van der Waals surface area (Å²) in [6.45, 7) is 3.85. The molecule has 9 nitrogen and oxygen atoms in total. The summed E-state index contributed by atoms with van der Waals surface area (Å²) in [5.41, 5.74) is 4.16. The monoisotopic (exact) mass is 446 g/mol. The van der Waals surface area contributed by atoms with Crippen LogP contribution in [0.2, 0.25) is 0 Å². The number of thiocarbonyl (C=S) groups is 1. The molecule has 11 heteroatoms. The highest BCUT2D eigenvalue weighted by atomic mass is 32.2. The smallest absolute Gasteiger partial charge is 0.231 e. The summed E-state index contributed by atoms with van der Waals surface area (Å²) in [6, 6.07) is 7.44. The number of nitrogens with zero attached hydrogens (tertiary/aromatic N) is 4. The second kappa shape index (κ2) is 9.92. The Balaban J connectivity index is 1.13. The molecule has 30 heavy (non-hydrogen) atoms. The molecule has 4 rings (SSSR count). The molecule has 0 saturated carbocycles. The summed E-state index contributed by atoms with van der Waals surface area (Å²) in [6.07, 6.45) is 3.49. The van der Waals surface area contributed by atoms with Crippen molar-refractivity contribution in [3.05, 3.63) is 42.2 Å². The van der Waals surface area contributed by atoms with Crippen molar-refractivity contribution in [1.82, 2.24) is 25.7 Å². The van der Waals surface area contributed by atoms with Gasteiger partial charge < -0.3 is 25.1 Å². The van der Waals surface area contributed by atoms with E-state index in [-0.39, 0.29) is 18.5 Å². The number of hydrazine groups is 1. The van der Waals surface area contributed by atoms with Gasteiger partial charge in [-0.25, -0.2) is 15.0 Å².